The van der Waals surface area contributed by atoms with Crippen molar-refractivity contribution in [3.8, 4) is 0 Å². The molecule has 1 aliphatic rings. The number of fused-ring (bicyclic) bond motifs is 1. The third-order valence-electron chi connectivity index (χ3n) is 1.86. The molecule has 1 aromatic rings. The van der Waals surface area contributed by atoms with E-state index >= 15 is 0 Å². The number of hydrogen-bond donors (Lipinski definition) is 1. The maximum absolute atomic E-state index is 5.63. The third-order valence-corrected chi connectivity index (χ3v) is 1.86. The standard InChI is InChI=1S/C9H10N2/c1-6-4-7-5-8(10)2-3-9(7)11-6/h2-3,5H,4,10H2,1H3. The van der Waals surface area contributed by atoms with Gasteiger partial charge in [0.15, 0.2) is 0 Å². The predicted octanol–water partition coefficient (Wildman–Crippen LogP) is 1.92. The summed E-state index contributed by atoms with van der Waals surface area (Å²) >= 11 is 0. The summed E-state index contributed by atoms with van der Waals surface area (Å²) in [6.07, 6.45) is 0.959. The van der Waals surface area contributed by atoms with Crippen LogP contribution in [0, 0.1) is 0 Å². The van der Waals surface area contributed by atoms with E-state index in [1.165, 1.54) is 11.3 Å². The summed E-state index contributed by atoms with van der Waals surface area (Å²) in [5, 5.41) is 0. The van der Waals surface area contributed by atoms with E-state index in [1.807, 2.05) is 25.1 Å². The summed E-state index contributed by atoms with van der Waals surface area (Å²) in [6.45, 7) is 2.04. The number of benzene rings is 1. The predicted molar refractivity (Wildman–Crippen MR) is 47.3 cm³/mol. The van der Waals surface area contributed by atoms with E-state index in [0.29, 0.717) is 0 Å². The van der Waals surface area contributed by atoms with E-state index < -0.39 is 0 Å². The fraction of sp³-hybridized carbons (Fsp3) is 0.222. The molecule has 0 atom stereocenters. The first kappa shape index (κ1) is 6.40. The Labute approximate surface area is 65.8 Å². The van der Waals surface area contributed by atoms with Crippen molar-refractivity contribution in [1.82, 2.24) is 0 Å². The number of nitrogens with two attached hydrogens (primary N) is 1. The van der Waals surface area contributed by atoms with Crippen LogP contribution in [-0.2, 0) is 6.42 Å². The molecule has 0 saturated heterocycles. The van der Waals surface area contributed by atoms with Crippen molar-refractivity contribution < 1.29 is 0 Å². The minimum atomic E-state index is 0.827. The lowest BCUT2D eigenvalue weighted by Gasteiger charge is -1.96. The number of aliphatic imine (C=N–C) groups is 1. The van der Waals surface area contributed by atoms with Crippen LogP contribution in [-0.4, -0.2) is 5.71 Å². The van der Waals surface area contributed by atoms with Gasteiger partial charge in [-0.2, -0.15) is 0 Å². The molecule has 0 amide bonds. The molecule has 1 heterocycles. The van der Waals surface area contributed by atoms with Crippen LogP contribution in [0.2, 0.25) is 0 Å². The third kappa shape index (κ3) is 1.00. The lowest BCUT2D eigenvalue weighted by molar-refractivity contribution is 1.39. The molecular formula is C9H10N2. The first-order valence-electron chi connectivity index (χ1n) is 3.68. The van der Waals surface area contributed by atoms with Crippen LogP contribution in [0.5, 0.6) is 0 Å². The quantitative estimate of drug-likeness (QED) is 0.558. The molecule has 2 nitrogen and oxygen atoms in total. The topological polar surface area (TPSA) is 38.4 Å². The molecule has 0 aliphatic carbocycles. The zero-order chi connectivity index (χ0) is 7.84. The zero-order valence-corrected chi connectivity index (χ0v) is 6.46. The Morgan fingerprint density at radius 1 is 1.45 bits per heavy atom. The summed E-state index contributed by atoms with van der Waals surface area (Å²) in [7, 11) is 0. The Bertz CT molecular complexity index is 326. The van der Waals surface area contributed by atoms with Crippen LogP contribution >= 0.6 is 0 Å². The van der Waals surface area contributed by atoms with Gasteiger partial charge in [-0.25, -0.2) is 0 Å². The van der Waals surface area contributed by atoms with Gasteiger partial charge in [-0.3, -0.25) is 4.99 Å². The van der Waals surface area contributed by atoms with Crippen LogP contribution in [0.3, 0.4) is 0 Å². The van der Waals surface area contributed by atoms with Gasteiger partial charge in [-0.05, 0) is 30.7 Å². The molecule has 0 fully saturated rings. The van der Waals surface area contributed by atoms with Crippen LogP contribution in [0.1, 0.15) is 12.5 Å². The first-order chi connectivity index (χ1) is 5.25. The number of nitrogens with zero attached hydrogens (tertiary/aromatic N) is 1. The van der Waals surface area contributed by atoms with E-state index in [0.717, 1.165) is 17.8 Å². The molecule has 1 aliphatic heterocycles. The van der Waals surface area contributed by atoms with Gasteiger partial charge in [0.25, 0.3) is 0 Å². The number of hydrogen-bond acceptors (Lipinski definition) is 2. The van der Waals surface area contributed by atoms with Gasteiger partial charge >= 0.3 is 0 Å². The Kier molecular flexibility index (Phi) is 1.22. The highest BCUT2D eigenvalue weighted by atomic mass is 14.8. The summed E-state index contributed by atoms with van der Waals surface area (Å²) in [4.78, 5) is 4.35. The van der Waals surface area contributed by atoms with Gasteiger partial charge in [0, 0.05) is 17.8 Å². The Morgan fingerprint density at radius 2 is 2.27 bits per heavy atom. The molecule has 0 spiro atoms. The van der Waals surface area contributed by atoms with Gasteiger partial charge in [-0.1, -0.05) is 0 Å². The molecule has 2 N–H and O–H groups in total. The highest BCUT2D eigenvalue weighted by molar-refractivity contribution is 5.92. The minimum absolute atomic E-state index is 0.827. The molecule has 2 heteroatoms. The maximum atomic E-state index is 5.63. The second-order valence-electron chi connectivity index (χ2n) is 2.91. The second kappa shape index (κ2) is 2.09. The molecule has 1 aromatic carbocycles. The van der Waals surface area contributed by atoms with Crippen molar-refractivity contribution in [2.75, 3.05) is 5.73 Å². The van der Waals surface area contributed by atoms with Gasteiger partial charge < -0.3 is 5.73 Å². The van der Waals surface area contributed by atoms with E-state index in [-0.39, 0.29) is 0 Å². The highest BCUT2D eigenvalue weighted by Crippen LogP contribution is 2.27. The number of anilines is 1. The Morgan fingerprint density at radius 3 is 3.09 bits per heavy atom. The molecule has 0 saturated carbocycles. The molecule has 0 bridgehead atoms. The van der Waals surface area contributed by atoms with E-state index in [9.17, 15) is 0 Å². The molecule has 56 valence electrons. The van der Waals surface area contributed by atoms with E-state index in [1.54, 1.807) is 0 Å². The molecule has 0 radical (unpaired) electrons. The van der Waals surface area contributed by atoms with Crippen molar-refractivity contribution in [2.45, 2.75) is 13.3 Å². The second-order valence-corrected chi connectivity index (χ2v) is 2.91. The molecule has 0 aromatic heterocycles. The van der Waals surface area contributed by atoms with Crippen molar-refractivity contribution in [1.29, 1.82) is 0 Å². The van der Waals surface area contributed by atoms with E-state index in [2.05, 4.69) is 4.99 Å². The Balaban J connectivity index is 2.52. The van der Waals surface area contributed by atoms with Gasteiger partial charge in [0.2, 0.25) is 0 Å². The molecular weight excluding hydrogens is 136 g/mol. The zero-order valence-electron chi connectivity index (χ0n) is 6.46. The molecule has 0 unspecified atom stereocenters. The highest BCUT2D eigenvalue weighted by Gasteiger charge is 2.09. The fourth-order valence-electron chi connectivity index (χ4n) is 1.38. The number of nitrogen functional groups attached to an aromatic ring is 1. The van der Waals surface area contributed by atoms with Gasteiger partial charge in [0.1, 0.15) is 0 Å². The van der Waals surface area contributed by atoms with Crippen molar-refractivity contribution in [3.63, 3.8) is 0 Å². The summed E-state index contributed by atoms with van der Waals surface area (Å²) in [5.41, 5.74) is 9.96. The van der Waals surface area contributed by atoms with E-state index in [4.69, 9.17) is 5.73 Å². The summed E-state index contributed by atoms with van der Waals surface area (Å²) in [6, 6.07) is 5.86. The van der Waals surface area contributed by atoms with Crippen LogP contribution in [0.15, 0.2) is 23.2 Å². The lowest BCUT2D eigenvalue weighted by atomic mass is 10.1. The smallest absolute Gasteiger partial charge is 0.0666 e. The average Bonchev–Trinajstić information content (AvgIpc) is 2.27. The molecule has 2 rings (SSSR count). The Hall–Kier alpha value is -1.31. The maximum Gasteiger partial charge on any atom is 0.0666 e. The van der Waals surface area contributed by atoms with Crippen LogP contribution in [0.25, 0.3) is 0 Å². The fourth-order valence-corrected chi connectivity index (χ4v) is 1.38. The van der Waals surface area contributed by atoms with Crippen molar-refractivity contribution in [3.05, 3.63) is 23.8 Å². The monoisotopic (exact) mass is 146 g/mol. The largest absolute Gasteiger partial charge is 0.399 e. The van der Waals surface area contributed by atoms with Crippen molar-refractivity contribution in [2.24, 2.45) is 4.99 Å². The van der Waals surface area contributed by atoms with Gasteiger partial charge in [-0.15, -0.1) is 0 Å². The average molecular weight is 146 g/mol. The van der Waals surface area contributed by atoms with Crippen LogP contribution < -0.4 is 5.73 Å². The number of rotatable bonds is 0. The minimum Gasteiger partial charge on any atom is -0.399 e. The normalized spacial score (nSPS) is 14.5. The molecule has 11 heavy (non-hydrogen) atoms. The van der Waals surface area contributed by atoms with Gasteiger partial charge in [0.05, 0.1) is 5.69 Å². The van der Waals surface area contributed by atoms with Crippen LogP contribution in [0.4, 0.5) is 11.4 Å². The summed E-state index contributed by atoms with van der Waals surface area (Å²) in [5.74, 6) is 0. The summed E-state index contributed by atoms with van der Waals surface area (Å²) < 4.78 is 0. The lowest BCUT2D eigenvalue weighted by Crippen LogP contribution is -1.90. The first-order valence-corrected chi connectivity index (χ1v) is 3.68. The SMILES string of the molecule is CC1=Nc2ccc(N)cc2C1. The van der Waals surface area contributed by atoms with Crippen molar-refractivity contribution >= 4 is 17.1 Å².